The van der Waals surface area contributed by atoms with Crippen LogP contribution in [0, 0.1) is 5.92 Å². The van der Waals surface area contributed by atoms with Crippen LogP contribution < -0.4 is 5.32 Å². The van der Waals surface area contributed by atoms with E-state index >= 15 is 0 Å². The normalized spacial score (nSPS) is 20.8. The molecule has 32 heavy (non-hydrogen) atoms. The van der Waals surface area contributed by atoms with Gasteiger partial charge in [0, 0.05) is 27.2 Å². The third-order valence-electron chi connectivity index (χ3n) is 5.95. The molecule has 1 rings (SSSR count). The SMILES string of the molecule is C=CCO[C@@H]1CC=C(C)C(=O)[C@H]1[C@H](CNC(=O)CC/C=C/C[C@H](CCCCC)OC)OC. The zero-order valence-corrected chi connectivity index (χ0v) is 20.4. The number of hydrogen-bond acceptors (Lipinski definition) is 5. The number of ketones is 1. The molecular formula is C26H43NO5. The molecule has 0 aromatic carbocycles. The van der Waals surface area contributed by atoms with Crippen molar-refractivity contribution in [2.75, 3.05) is 27.4 Å². The van der Waals surface area contributed by atoms with Gasteiger partial charge in [-0.15, -0.1) is 6.58 Å². The first-order chi connectivity index (χ1) is 15.5. The number of hydrogen-bond donors (Lipinski definition) is 1. The van der Waals surface area contributed by atoms with Crippen molar-refractivity contribution in [1.82, 2.24) is 5.32 Å². The Morgan fingerprint density at radius 3 is 2.72 bits per heavy atom. The minimum absolute atomic E-state index is 0.0148. The summed E-state index contributed by atoms with van der Waals surface area (Å²) in [6, 6.07) is 0. The highest BCUT2D eigenvalue weighted by molar-refractivity contribution is 5.98. The first-order valence-electron chi connectivity index (χ1n) is 11.9. The number of allylic oxidation sites excluding steroid dienone is 2. The molecular weight excluding hydrogens is 406 g/mol. The Kier molecular flexibility index (Phi) is 14.9. The molecule has 0 unspecified atom stereocenters. The van der Waals surface area contributed by atoms with Crippen molar-refractivity contribution >= 4 is 11.7 Å². The first-order valence-corrected chi connectivity index (χ1v) is 11.9. The van der Waals surface area contributed by atoms with E-state index in [9.17, 15) is 9.59 Å². The highest BCUT2D eigenvalue weighted by Crippen LogP contribution is 2.28. The van der Waals surface area contributed by atoms with E-state index in [1.807, 2.05) is 19.1 Å². The van der Waals surface area contributed by atoms with Gasteiger partial charge in [-0.2, -0.15) is 0 Å². The van der Waals surface area contributed by atoms with Gasteiger partial charge in [0.15, 0.2) is 5.78 Å². The summed E-state index contributed by atoms with van der Waals surface area (Å²) in [5.74, 6) is -0.480. The van der Waals surface area contributed by atoms with Gasteiger partial charge in [-0.3, -0.25) is 9.59 Å². The number of carbonyl (C=O) groups excluding carboxylic acids is 2. The molecule has 0 aromatic rings. The van der Waals surface area contributed by atoms with Crippen LogP contribution in [0.5, 0.6) is 0 Å². The Hall–Kier alpha value is -1.76. The number of unbranched alkanes of at least 4 members (excludes halogenated alkanes) is 2. The summed E-state index contributed by atoms with van der Waals surface area (Å²) in [6.45, 7) is 8.34. The Balaban J connectivity index is 2.45. The fourth-order valence-electron chi connectivity index (χ4n) is 3.94. The number of carbonyl (C=O) groups is 2. The molecule has 182 valence electrons. The molecule has 0 heterocycles. The Morgan fingerprint density at radius 1 is 1.28 bits per heavy atom. The molecule has 0 bridgehead atoms. The van der Waals surface area contributed by atoms with Crippen LogP contribution in [0.2, 0.25) is 0 Å². The van der Waals surface area contributed by atoms with Gasteiger partial charge in [0.1, 0.15) is 0 Å². The number of amides is 1. The smallest absolute Gasteiger partial charge is 0.220 e. The zero-order chi connectivity index (χ0) is 23.8. The maximum absolute atomic E-state index is 12.8. The third-order valence-corrected chi connectivity index (χ3v) is 5.95. The lowest BCUT2D eigenvalue weighted by Crippen LogP contribution is -2.48. The van der Waals surface area contributed by atoms with Crippen molar-refractivity contribution in [3.05, 3.63) is 36.5 Å². The Morgan fingerprint density at radius 2 is 2.06 bits per heavy atom. The van der Waals surface area contributed by atoms with Crippen LogP contribution in [0.4, 0.5) is 0 Å². The third kappa shape index (κ3) is 10.2. The number of ether oxygens (including phenoxy) is 3. The van der Waals surface area contributed by atoms with Gasteiger partial charge in [0.05, 0.1) is 30.8 Å². The molecule has 1 aliphatic carbocycles. The van der Waals surface area contributed by atoms with Crippen LogP contribution >= 0.6 is 0 Å². The van der Waals surface area contributed by atoms with Crippen molar-refractivity contribution in [3.63, 3.8) is 0 Å². The average Bonchev–Trinajstić information content (AvgIpc) is 2.79. The molecule has 1 amide bonds. The summed E-state index contributed by atoms with van der Waals surface area (Å²) < 4.78 is 16.9. The predicted octanol–water partition coefficient (Wildman–Crippen LogP) is 4.55. The van der Waals surface area contributed by atoms with Crippen molar-refractivity contribution in [2.24, 2.45) is 5.92 Å². The van der Waals surface area contributed by atoms with Crippen LogP contribution in [0.3, 0.4) is 0 Å². The quantitative estimate of drug-likeness (QED) is 0.261. The summed E-state index contributed by atoms with van der Waals surface area (Å²) in [6.07, 6.45) is 14.5. The summed E-state index contributed by atoms with van der Waals surface area (Å²) in [5, 5.41) is 2.92. The van der Waals surface area contributed by atoms with E-state index in [-0.39, 0.29) is 30.4 Å². The van der Waals surface area contributed by atoms with Gasteiger partial charge in [-0.25, -0.2) is 0 Å². The Labute approximate surface area is 194 Å². The summed E-state index contributed by atoms with van der Waals surface area (Å²) in [4.78, 5) is 25.1. The van der Waals surface area contributed by atoms with Crippen molar-refractivity contribution in [3.8, 4) is 0 Å². The van der Waals surface area contributed by atoms with Crippen molar-refractivity contribution in [2.45, 2.75) is 83.5 Å². The van der Waals surface area contributed by atoms with Gasteiger partial charge in [0.25, 0.3) is 0 Å². The van der Waals surface area contributed by atoms with Gasteiger partial charge in [-0.1, -0.05) is 50.5 Å². The summed E-state index contributed by atoms with van der Waals surface area (Å²) in [5.41, 5.74) is 0.719. The summed E-state index contributed by atoms with van der Waals surface area (Å²) >= 11 is 0. The van der Waals surface area contributed by atoms with E-state index in [4.69, 9.17) is 14.2 Å². The number of methoxy groups -OCH3 is 2. The molecule has 6 heteroatoms. The molecule has 0 radical (unpaired) electrons. The van der Waals surface area contributed by atoms with Crippen molar-refractivity contribution in [1.29, 1.82) is 0 Å². The fraction of sp³-hybridized carbons (Fsp3) is 0.692. The van der Waals surface area contributed by atoms with E-state index in [0.717, 1.165) is 18.4 Å². The molecule has 0 saturated carbocycles. The lowest BCUT2D eigenvalue weighted by molar-refractivity contribution is -0.134. The van der Waals surface area contributed by atoms with Crippen LogP contribution in [-0.4, -0.2) is 57.4 Å². The van der Waals surface area contributed by atoms with Crippen LogP contribution in [0.25, 0.3) is 0 Å². The minimum atomic E-state index is -0.441. The largest absolute Gasteiger partial charge is 0.381 e. The van der Waals surface area contributed by atoms with Gasteiger partial charge in [-0.05, 0) is 38.2 Å². The second-order valence-electron chi connectivity index (χ2n) is 8.35. The fourth-order valence-corrected chi connectivity index (χ4v) is 3.94. The predicted molar refractivity (Wildman–Crippen MR) is 129 cm³/mol. The minimum Gasteiger partial charge on any atom is -0.381 e. The first kappa shape index (κ1) is 28.3. The molecule has 0 fully saturated rings. The molecule has 6 nitrogen and oxygen atoms in total. The van der Waals surface area contributed by atoms with E-state index in [0.29, 0.717) is 25.9 Å². The van der Waals surface area contributed by atoms with Crippen LogP contribution in [0.1, 0.15) is 65.2 Å². The molecule has 1 aliphatic rings. The molecule has 4 atom stereocenters. The monoisotopic (exact) mass is 449 g/mol. The molecule has 0 aromatic heterocycles. The van der Waals surface area contributed by atoms with E-state index in [1.54, 1.807) is 20.3 Å². The second kappa shape index (κ2) is 16.8. The zero-order valence-electron chi connectivity index (χ0n) is 20.4. The molecule has 0 spiro atoms. The number of Topliss-reactive ketones (excluding diaryl/α,β-unsaturated/α-hetero) is 1. The lowest BCUT2D eigenvalue weighted by atomic mass is 9.81. The van der Waals surface area contributed by atoms with Gasteiger partial charge in [0.2, 0.25) is 5.91 Å². The standard InChI is InChI=1S/C26H43NO5/c1-6-8-10-13-21(30-4)14-11-9-12-15-24(28)27-19-23(31-5)25-22(32-18-7-2)17-16-20(3)26(25)29/h7,9,11,16,21-23,25H,2,6,8,10,12-15,17-19H2,1,3-5H3,(H,27,28)/b11-9+/t21-,22+,23-,25+/m0/s1. The van der Waals surface area contributed by atoms with E-state index in [1.165, 1.54) is 19.3 Å². The highest BCUT2D eigenvalue weighted by atomic mass is 16.5. The topological polar surface area (TPSA) is 73.9 Å². The molecule has 0 saturated heterocycles. The highest BCUT2D eigenvalue weighted by Gasteiger charge is 2.39. The number of nitrogens with one attached hydrogen (secondary N) is 1. The second-order valence-corrected chi connectivity index (χ2v) is 8.35. The van der Waals surface area contributed by atoms with Gasteiger partial charge < -0.3 is 19.5 Å². The average molecular weight is 450 g/mol. The van der Waals surface area contributed by atoms with Gasteiger partial charge >= 0.3 is 0 Å². The van der Waals surface area contributed by atoms with E-state index < -0.39 is 12.0 Å². The van der Waals surface area contributed by atoms with Crippen LogP contribution in [-0.2, 0) is 23.8 Å². The Bertz CT molecular complexity index is 628. The van der Waals surface area contributed by atoms with E-state index in [2.05, 4.69) is 24.9 Å². The van der Waals surface area contributed by atoms with Crippen molar-refractivity contribution < 1.29 is 23.8 Å². The number of rotatable bonds is 17. The maximum atomic E-state index is 12.8. The summed E-state index contributed by atoms with van der Waals surface area (Å²) in [7, 11) is 3.32. The molecule has 1 N–H and O–H groups in total. The molecule has 0 aliphatic heterocycles. The maximum Gasteiger partial charge on any atom is 0.220 e. The van der Waals surface area contributed by atoms with Crippen LogP contribution in [0.15, 0.2) is 36.5 Å². The lowest BCUT2D eigenvalue weighted by Gasteiger charge is -2.34.